The lowest BCUT2D eigenvalue weighted by Crippen LogP contribution is -2.44. The second kappa shape index (κ2) is 9.44. The molecule has 1 saturated carbocycles. The maximum atomic E-state index is 11.8. The molecule has 2 fully saturated rings. The Hall–Kier alpha value is -1.62. The normalized spacial score (nSPS) is 23.5. The van der Waals surface area contributed by atoms with E-state index in [1.807, 2.05) is 18.5 Å². The molecule has 2 atom stereocenters. The van der Waals surface area contributed by atoms with Crippen molar-refractivity contribution in [2.75, 3.05) is 24.7 Å². The maximum Gasteiger partial charge on any atom is 0.223 e. The number of sulfonamides is 1. The molecule has 1 aliphatic heterocycles. The third-order valence-electron chi connectivity index (χ3n) is 7.84. The van der Waals surface area contributed by atoms with Gasteiger partial charge < -0.3 is 9.74 Å². The summed E-state index contributed by atoms with van der Waals surface area (Å²) in [4.78, 5) is 14.2. The van der Waals surface area contributed by atoms with Crippen LogP contribution in [0.3, 0.4) is 0 Å². The van der Waals surface area contributed by atoms with Crippen LogP contribution in [-0.2, 0) is 14.4 Å². The summed E-state index contributed by atoms with van der Waals surface area (Å²) < 4.78 is 32.0. The molecule has 2 unspecified atom stereocenters. The van der Waals surface area contributed by atoms with Crippen molar-refractivity contribution in [3.8, 4) is 0 Å². The molecule has 3 heterocycles. The Balaban J connectivity index is 1.55. The molecule has 0 spiro atoms. The first kappa shape index (κ1) is 25.5. The molecule has 0 aromatic carbocycles. The average Bonchev–Trinajstić information content (AvgIpc) is 3.19. The van der Waals surface area contributed by atoms with Gasteiger partial charge in [0.25, 0.3) is 0 Å². The largest absolute Gasteiger partial charge is 0.413 e. The molecule has 0 radical (unpaired) electrons. The Morgan fingerprint density at radius 2 is 1.82 bits per heavy atom. The molecule has 1 saturated heterocycles. The summed E-state index contributed by atoms with van der Waals surface area (Å²) in [6.45, 7) is 12.5. The third-order valence-corrected chi connectivity index (χ3v) is 13.6. The third kappa shape index (κ3) is 5.45. The van der Waals surface area contributed by atoms with E-state index in [0.29, 0.717) is 19.0 Å². The monoisotopic (exact) mass is 505 g/mol. The second-order valence-electron chi connectivity index (χ2n) is 11.4. The summed E-state index contributed by atoms with van der Waals surface area (Å²) >= 11 is 0. The van der Waals surface area contributed by atoms with Gasteiger partial charge in [-0.15, -0.1) is 0 Å². The number of nitrogens with zero attached hydrogens (tertiary/aromatic N) is 4. The Kier molecular flexibility index (Phi) is 7.07. The standard InChI is InChI=1S/C24H39N5O3SSi/c1-24(2,3)34(5,6)32-20-9-7-8-19(20)22-21-17(10-13-25-22)16-26-23(28-21)27-18-11-14-29(15-12-18)33(4,30)31/h10,13,16,18-20H,7-9,11-12,14-15H2,1-6H3,(H,26,27,28). The molecule has 1 N–H and O–H groups in total. The van der Waals surface area contributed by atoms with Crippen LogP contribution in [0.25, 0.3) is 10.9 Å². The molecule has 1 aliphatic carbocycles. The van der Waals surface area contributed by atoms with Gasteiger partial charge in [0, 0.05) is 42.8 Å². The number of hydrogen-bond acceptors (Lipinski definition) is 7. The van der Waals surface area contributed by atoms with Gasteiger partial charge in [0.1, 0.15) is 0 Å². The van der Waals surface area contributed by atoms with E-state index in [2.05, 4.69) is 44.2 Å². The number of aromatic nitrogens is 3. The van der Waals surface area contributed by atoms with Gasteiger partial charge in [-0.3, -0.25) is 4.98 Å². The van der Waals surface area contributed by atoms with Gasteiger partial charge in [-0.1, -0.05) is 27.2 Å². The van der Waals surface area contributed by atoms with Crippen LogP contribution in [0.5, 0.6) is 0 Å². The highest BCUT2D eigenvalue weighted by Crippen LogP contribution is 2.44. The highest BCUT2D eigenvalue weighted by atomic mass is 32.2. The lowest BCUT2D eigenvalue weighted by molar-refractivity contribution is 0.169. The van der Waals surface area contributed by atoms with Gasteiger partial charge in [0.2, 0.25) is 16.0 Å². The second-order valence-corrected chi connectivity index (χ2v) is 18.1. The van der Waals surface area contributed by atoms with Gasteiger partial charge in [-0.05, 0) is 49.9 Å². The minimum Gasteiger partial charge on any atom is -0.413 e. The lowest BCUT2D eigenvalue weighted by Gasteiger charge is -2.39. The van der Waals surface area contributed by atoms with E-state index >= 15 is 0 Å². The van der Waals surface area contributed by atoms with Crippen LogP contribution in [0.2, 0.25) is 18.1 Å². The van der Waals surface area contributed by atoms with Gasteiger partial charge in [-0.25, -0.2) is 22.7 Å². The summed E-state index contributed by atoms with van der Waals surface area (Å²) in [6.07, 6.45) is 9.89. The number of rotatable bonds is 6. The highest BCUT2D eigenvalue weighted by molar-refractivity contribution is 7.88. The molecule has 34 heavy (non-hydrogen) atoms. The molecule has 10 heteroatoms. The van der Waals surface area contributed by atoms with E-state index in [4.69, 9.17) is 14.4 Å². The Morgan fingerprint density at radius 1 is 1.12 bits per heavy atom. The lowest BCUT2D eigenvalue weighted by atomic mass is 9.99. The van der Waals surface area contributed by atoms with Gasteiger partial charge in [-0.2, -0.15) is 0 Å². The van der Waals surface area contributed by atoms with E-state index in [1.165, 1.54) is 10.6 Å². The van der Waals surface area contributed by atoms with Crippen molar-refractivity contribution < 1.29 is 12.8 Å². The maximum absolute atomic E-state index is 11.8. The van der Waals surface area contributed by atoms with Crippen LogP contribution in [0, 0.1) is 0 Å². The van der Waals surface area contributed by atoms with Crippen LogP contribution < -0.4 is 5.32 Å². The first-order valence-electron chi connectivity index (χ1n) is 12.4. The van der Waals surface area contributed by atoms with E-state index in [1.54, 1.807) is 0 Å². The van der Waals surface area contributed by atoms with Crippen molar-refractivity contribution in [2.24, 2.45) is 0 Å². The molecular weight excluding hydrogens is 466 g/mol. The Morgan fingerprint density at radius 3 is 2.47 bits per heavy atom. The minimum absolute atomic E-state index is 0.150. The zero-order valence-electron chi connectivity index (χ0n) is 21.3. The van der Waals surface area contributed by atoms with Gasteiger partial charge >= 0.3 is 0 Å². The minimum atomic E-state index is -3.14. The highest BCUT2D eigenvalue weighted by Gasteiger charge is 2.43. The molecule has 2 aromatic heterocycles. The predicted molar refractivity (Wildman–Crippen MR) is 139 cm³/mol. The van der Waals surface area contributed by atoms with E-state index < -0.39 is 18.3 Å². The van der Waals surface area contributed by atoms with Crippen molar-refractivity contribution in [3.05, 3.63) is 24.2 Å². The fourth-order valence-electron chi connectivity index (χ4n) is 4.77. The topological polar surface area (TPSA) is 97.3 Å². The first-order chi connectivity index (χ1) is 15.8. The smallest absolute Gasteiger partial charge is 0.223 e. The van der Waals surface area contributed by atoms with Crippen LogP contribution in [0.4, 0.5) is 5.95 Å². The average molecular weight is 506 g/mol. The molecule has 4 rings (SSSR count). The van der Waals surface area contributed by atoms with E-state index in [9.17, 15) is 8.42 Å². The van der Waals surface area contributed by atoms with Crippen molar-refractivity contribution in [1.82, 2.24) is 19.3 Å². The van der Waals surface area contributed by atoms with Gasteiger partial charge in [0.15, 0.2) is 8.32 Å². The number of anilines is 1. The number of fused-ring (bicyclic) bond motifs is 1. The number of pyridine rings is 1. The summed E-state index contributed by atoms with van der Waals surface area (Å²) in [6, 6.07) is 2.11. The van der Waals surface area contributed by atoms with Crippen molar-refractivity contribution >= 4 is 35.2 Å². The molecule has 0 bridgehead atoms. The Bertz CT molecular complexity index is 1130. The quantitative estimate of drug-likeness (QED) is 0.577. The number of piperidine rings is 1. The Labute approximate surface area is 205 Å². The van der Waals surface area contributed by atoms with Crippen LogP contribution >= 0.6 is 0 Å². The van der Waals surface area contributed by atoms with Crippen LogP contribution in [0.15, 0.2) is 18.5 Å². The summed E-state index contributed by atoms with van der Waals surface area (Å²) in [5, 5.41) is 4.59. The van der Waals surface area contributed by atoms with Crippen LogP contribution in [0.1, 0.15) is 64.5 Å². The first-order valence-corrected chi connectivity index (χ1v) is 17.1. The molecule has 2 aromatic rings. The fourth-order valence-corrected chi connectivity index (χ4v) is 7.03. The molecule has 2 aliphatic rings. The molecular formula is C24H39N5O3SSi. The fraction of sp³-hybridized carbons (Fsp3) is 0.708. The summed E-state index contributed by atoms with van der Waals surface area (Å²) in [5.74, 6) is 0.818. The van der Waals surface area contributed by atoms with Crippen molar-refractivity contribution in [3.63, 3.8) is 0 Å². The SMILES string of the molecule is CC(C)(C)[Si](C)(C)OC1CCCC1c1nccc2cnc(NC3CCN(S(C)(=O)=O)CC3)nc12. The number of nitrogens with one attached hydrogen (secondary N) is 1. The predicted octanol–water partition coefficient (Wildman–Crippen LogP) is 4.52. The summed E-state index contributed by atoms with van der Waals surface area (Å²) in [7, 11) is -5.03. The molecule has 0 amide bonds. The summed E-state index contributed by atoms with van der Waals surface area (Å²) in [5.41, 5.74) is 1.90. The van der Waals surface area contributed by atoms with Gasteiger partial charge in [0.05, 0.1) is 23.6 Å². The number of hydrogen-bond donors (Lipinski definition) is 1. The van der Waals surface area contributed by atoms with Crippen molar-refractivity contribution in [2.45, 2.75) is 89.1 Å². The zero-order chi connectivity index (χ0) is 24.7. The van der Waals surface area contributed by atoms with E-state index in [0.717, 1.165) is 48.7 Å². The van der Waals surface area contributed by atoms with E-state index in [-0.39, 0.29) is 23.1 Å². The van der Waals surface area contributed by atoms with Crippen molar-refractivity contribution in [1.29, 1.82) is 0 Å². The molecule has 188 valence electrons. The van der Waals surface area contributed by atoms with Crippen LogP contribution in [-0.4, -0.2) is 67.5 Å². The molecule has 8 nitrogen and oxygen atoms in total. The zero-order valence-corrected chi connectivity index (χ0v) is 23.2.